The van der Waals surface area contributed by atoms with Gasteiger partial charge in [0.25, 0.3) is 11.8 Å². The Morgan fingerprint density at radius 3 is 2.16 bits per heavy atom. The highest BCUT2D eigenvalue weighted by Crippen LogP contribution is 2.29. The highest BCUT2D eigenvalue weighted by molar-refractivity contribution is 8.00. The van der Waals surface area contributed by atoms with Crippen molar-refractivity contribution in [3.8, 4) is 0 Å². The average molecular weight is 612 g/mol. The molecule has 4 aromatic carbocycles. The Bertz CT molecular complexity index is 1660. The number of hydrogen-bond acceptors (Lipinski definition) is 5. The third-order valence-corrected chi connectivity index (χ3v) is 8.03. The average Bonchev–Trinajstić information content (AvgIpc) is 3.01. The van der Waals surface area contributed by atoms with Gasteiger partial charge in [-0.3, -0.25) is 19.2 Å². The minimum absolute atomic E-state index is 0.0154. The van der Waals surface area contributed by atoms with Crippen molar-refractivity contribution in [3.05, 3.63) is 131 Å². The normalized spacial score (nSPS) is 11.7. The minimum atomic E-state index is -0.537. The summed E-state index contributed by atoms with van der Waals surface area (Å²) in [6.07, 6.45) is 2.09. The molecule has 1 atom stereocenters. The van der Waals surface area contributed by atoms with E-state index >= 15 is 0 Å². The molecule has 1 unspecified atom stereocenters. The number of amides is 3. The van der Waals surface area contributed by atoms with Gasteiger partial charge >= 0.3 is 0 Å². The molecule has 0 radical (unpaired) electrons. The third-order valence-electron chi connectivity index (χ3n) is 6.33. The van der Waals surface area contributed by atoms with Crippen molar-refractivity contribution in [3.63, 3.8) is 0 Å². The molecular formula is C34H30ClN3O4S. The Labute approximate surface area is 259 Å². The highest BCUT2D eigenvalue weighted by Gasteiger charge is 2.20. The number of thioether (sulfide) groups is 1. The molecule has 0 bridgehead atoms. The molecule has 218 valence electrons. The van der Waals surface area contributed by atoms with Gasteiger partial charge in [-0.15, -0.1) is 11.8 Å². The van der Waals surface area contributed by atoms with Crippen LogP contribution in [-0.4, -0.2) is 28.8 Å². The molecule has 0 aliphatic rings. The summed E-state index contributed by atoms with van der Waals surface area (Å²) in [4.78, 5) is 51.7. The summed E-state index contributed by atoms with van der Waals surface area (Å²) < 4.78 is 0. The van der Waals surface area contributed by atoms with Crippen LogP contribution < -0.4 is 16.0 Å². The van der Waals surface area contributed by atoms with E-state index in [1.807, 2.05) is 13.0 Å². The monoisotopic (exact) mass is 611 g/mol. The zero-order valence-corrected chi connectivity index (χ0v) is 25.2. The summed E-state index contributed by atoms with van der Waals surface area (Å²) in [5.41, 5.74) is 2.65. The van der Waals surface area contributed by atoms with Crippen molar-refractivity contribution in [2.75, 3.05) is 10.6 Å². The quantitative estimate of drug-likeness (QED) is 0.0927. The van der Waals surface area contributed by atoms with Gasteiger partial charge in [-0.1, -0.05) is 61.0 Å². The largest absolute Gasteiger partial charge is 0.325 e. The number of carbonyl (C=O) groups is 4. The summed E-state index contributed by atoms with van der Waals surface area (Å²) in [5, 5.41) is 8.48. The third kappa shape index (κ3) is 8.91. The van der Waals surface area contributed by atoms with E-state index in [1.54, 1.807) is 97.1 Å². The van der Waals surface area contributed by atoms with E-state index in [4.69, 9.17) is 11.6 Å². The molecule has 9 heteroatoms. The second-order valence-electron chi connectivity index (χ2n) is 9.52. The molecule has 0 aliphatic heterocycles. The fourth-order valence-corrected chi connectivity index (χ4v) is 5.24. The van der Waals surface area contributed by atoms with Gasteiger partial charge in [0.05, 0.1) is 5.25 Å². The SMILES string of the molecule is CCC(Sc1cccc(NC(=O)/C(=C\c2ccccc2Cl)NC(=O)c2ccccc2)c1)C(=O)Nc1ccc(C(C)=O)cc1. The number of Topliss-reactive ketones (excluding diaryl/α,β-unsaturated/α-hetero) is 1. The van der Waals surface area contributed by atoms with E-state index in [0.29, 0.717) is 39.5 Å². The van der Waals surface area contributed by atoms with Gasteiger partial charge in [0, 0.05) is 32.4 Å². The van der Waals surface area contributed by atoms with Crippen LogP contribution in [0.4, 0.5) is 11.4 Å². The summed E-state index contributed by atoms with van der Waals surface area (Å²) in [5.74, 6) is -1.20. The molecule has 4 aromatic rings. The Balaban J connectivity index is 1.49. The van der Waals surface area contributed by atoms with Gasteiger partial charge in [-0.25, -0.2) is 0 Å². The maximum atomic E-state index is 13.4. The van der Waals surface area contributed by atoms with Crippen LogP contribution in [0.25, 0.3) is 6.08 Å². The summed E-state index contributed by atoms with van der Waals surface area (Å²) in [6, 6.07) is 29.5. The predicted molar refractivity (Wildman–Crippen MR) is 173 cm³/mol. The lowest BCUT2D eigenvalue weighted by Gasteiger charge is -2.16. The first-order chi connectivity index (χ1) is 20.7. The first-order valence-corrected chi connectivity index (χ1v) is 14.8. The lowest BCUT2D eigenvalue weighted by atomic mass is 10.1. The Morgan fingerprint density at radius 2 is 1.49 bits per heavy atom. The van der Waals surface area contributed by atoms with Gasteiger partial charge < -0.3 is 16.0 Å². The second-order valence-corrected chi connectivity index (χ2v) is 11.2. The van der Waals surface area contributed by atoms with Gasteiger partial charge in [-0.05, 0) is 85.6 Å². The van der Waals surface area contributed by atoms with Gasteiger partial charge in [0.15, 0.2) is 5.78 Å². The van der Waals surface area contributed by atoms with Crippen LogP contribution in [0, 0.1) is 0 Å². The van der Waals surface area contributed by atoms with Crippen molar-refractivity contribution in [1.82, 2.24) is 5.32 Å². The molecule has 0 spiro atoms. The summed E-state index contributed by atoms with van der Waals surface area (Å²) >= 11 is 7.69. The van der Waals surface area contributed by atoms with Gasteiger partial charge in [-0.2, -0.15) is 0 Å². The van der Waals surface area contributed by atoms with Crippen LogP contribution >= 0.6 is 23.4 Å². The van der Waals surface area contributed by atoms with E-state index in [0.717, 1.165) is 4.90 Å². The zero-order chi connectivity index (χ0) is 30.8. The number of rotatable bonds is 11. The number of halogens is 1. The van der Waals surface area contributed by atoms with Crippen molar-refractivity contribution >= 4 is 64.3 Å². The molecule has 0 aromatic heterocycles. The maximum Gasteiger partial charge on any atom is 0.272 e. The molecular weight excluding hydrogens is 582 g/mol. The van der Waals surface area contributed by atoms with Gasteiger partial charge in [0.2, 0.25) is 5.91 Å². The standard InChI is InChI=1S/C34H30ClN3O4S/c1-3-31(34(42)36-26-18-16-23(17-19-26)22(2)39)43-28-14-9-13-27(21-28)37-33(41)30(20-25-12-7-8-15-29(25)35)38-32(40)24-10-5-4-6-11-24/h4-21,31H,3H2,1-2H3,(H,36,42)(H,37,41)(H,38,40)/b30-20+. The number of benzene rings is 4. The predicted octanol–water partition coefficient (Wildman–Crippen LogP) is 7.46. The highest BCUT2D eigenvalue weighted by atomic mass is 35.5. The first-order valence-electron chi connectivity index (χ1n) is 13.6. The van der Waals surface area contributed by atoms with E-state index in [-0.39, 0.29) is 17.4 Å². The lowest BCUT2D eigenvalue weighted by Crippen LogP contribution is -2.30. The van der Waals surface area contributed by atoms with E-state index in [9.17, 15) is 19.2 Å². The van der Waals surface area contributed by atoms with Crippen LogP contribution in [0.1, 0.15) is 46.5 Å². The molecule has 7 nitrogen and oxygen atoms in total. The van der Waals surface area contributed by atoms with Crippen LogP contribution in [0.15, 0.2) is 114 Å². The summed E-state index contributed by atoms with van der Waals surface area (Å²) in [7, 11) is 0. The minimum Gasteiger partial charge on any atom is -0.325 e. The van der Waals surface area contributed by atoms with Crippen molar-refractivity contribution < 1.29 is 19.2 Å². The fraction of sp³-hybridized carbons (Fsp3) is 0.118. The maximum absolute atomic E-state index is 13.4. The topological polar surface area (TPSA) is 104 Å². The molecule has 3 amide bonds. The first kappa shape index (κ1) is 31.3. The molecule has 0 heterocycles. The van der Waals surface area contributed by atoms with Crippen molar-refractivity contribution in [1.29, 1.82) is 0 Å². The van der Waals surface area contributed by atoms with Crippen LogP contribution in [-0.2, 0) is 9.59 Å². The number of nitrogens with one attached hydrogen (secondary N) is 3. The number of hydrogen-bond donors (Lipinski definition) is 3. The number of anilines is 2. The second kappa shape index (κ2) is 15.0. The van der Waals surface area contributed by atoms with Crippen LogP contribution in [0.3, 0.4) is 0 Å². The van der Waals surface area contributed by atoms with E-state index in [1.165, 1.54) is 24.8 Å². The van der Waals surface area contributed by atoms with Gasteiger partial charge in [0.1, 0.15) is 5.70 Å². The van der Waals surface area contributed by atoms with Crippen LogP contribution in [0.5, 0.6) is 0 Å². The van der Waals surface area contributed by atoms with Crippen molar-refractivity contribution in [2.45, 2.75) is 30.4 Å². The molecule has 0 saturated carbocycles. The molecule has 43 heavy (non-hydrogen) atoms. The molecule has 4 rings (SSSR count). The summed E-state index contributed by atoms with van der Waals surface area (Å²) in [6.45, 7) is 3.41. The van der Waals surface area contributed by atoms with Crippen LogP contribution in [0.2, 0.25) is 5.02 Å². The molecule has 0 fully saturated rings. The van der Waals surface area contributed by atoms with Crippen molar-refractivity contribution in [2.24, 2.45) is 0 Å². The smallest absolute Gasteiger partial charge is 0.272 e. The number of ketones is 1. The van der Waals surface area contributed by atoms with E-state index < -0.39 is 17.1 Å². The van der Waals surface area contributed by atoms with E-state index in [2.05, 4.69) is 16.0 Å². The Morgan fingerprint density at radius 1 is 0.791 bits per heavy atom. The Hall–Kier alpha value is -4.66. The molecule has 0 aliphatic carbocycles. The zero-order valence-electron chi connectivity index (χ0n) is 23.6. The Kier molecular flexibility index (Phi) is 10.9. The lowest BCUT2D eigenvalue weighted by molar-refractivity contribution is -0.116. The fourth-order valence-electron chi connectivity index (χ4n) is 4.03. The number of carbonyl (C=O) groups excluding carboxylic acids is 4. The molecule has 0 saturated heterocycles. The molecule has 3 N–H and O–H groups in total.